The molecule has 2 rings (SSSR count). The van der Waals surface area contributed by atoms with Crippen molar-refractivity contribution in [2.24, 2.45) is 5.92 Å². The summed E-state index contributed by atoms with van der Waals surface area (Å²) in [7, 11) is 0. The van der Waals surface area contributed by atoms with Crippen LogP contribution in [0.15, 0.2) is 30.9 Å². The molecule has 90 valence electrons. The summed E-state index contributed by atoms with van der Waals surface area (Å²) in [6.07, 6.45) is 2.13. The topological polar surface area (TPSA) is 20.3 Å². The Labute approximate surface area is 98.5 Å². The number of amides is 1. The van der Waals surface area contributed by atoms with Crippen LogP contribution in [0, 0.1) is 17.6 Å². The lowest BCUT2D eigenvalue weighted by molar-refractivity contribution is -0.128. The fourth-order valence-electron chi connectivity index (χ4n) is 1.99. The molecule has 0 spiro atoms. The molecule has 0 aromatic heterocycles. The Hall–Kier alpha value is -1.71. The van der Waals surface area contributed by atoms with Crippen LogP contribution in [0.3, 0.4) is 0 Å². The first-order valence-electron chi connectivity index (χ1n) is 5.45. The lowest BCUT2D eigenvalue weighted by Crippen LogP contribution is -2.25. The van der Waals surface area contributed by atoms with Crippen LogP contribution >= 0.6 is 0 Å². The Morgan fingerprint density at radius 1 is 1.47 bits per heavy atom. The third-order valence-electron chi connectivity index (χ3n) is 2.97. The maximum absolute atomic E-state index is 13.4. The van der Waals surface area contributed by atoms with Crippen molar-refractivity contribution in [3.8, 4) is 0 Å². The average molecular weight is 237 g/mol. The van der Waals surface area contributed by atoms with E-state index in [9.17, 15) is 13.6 Å². The van der Waals surface area contributed by atoms with E-state index in [2.05, 4.69) is 6.58 Å². The molecule has 0 saturated carbocycles. The number of likely N-dealkylation sites (tertiary alicyclic amines) is 1. The first-order chi connectivity index (χ1) is 8.11. The molecule has 1 aliphatic rings. The van der Waals surface area contributed by atoms with E-state index in [0.29, 0.717) is 13.0 Å². The molecule has 1 aromatic carbocycles. The lowest BCUT2D eigenvalue weighted by Gasteiger charge is -2.16. The predicted octanol–water partition coefficient (Wildman–Crippen LogP) is 2.50. The van der Waals surface area contributed by atoms with Gasteiger partial charge >= 0.3 is 0 Å². The van der Waals surface area contributed by atoms with Crippen LogP contribution in [0.1, 0.15) is 12.0 Å². The van der Waals surface area contributed by atoms with Gasteiger partial charge in [-0.15, -0.1) is 6.58 Å². The van der Waals surface area contributed by atoms with Gasteiger partial charge in [0.05, 0.1) is 0 Å². The highest BCUT2D eigenvalue weighted by molar-refractivity contribution is 5.79. The second kappa shape index (κ2) is 4.65. The van der Waals surface area contributed by atoms with Crippen LogP contribution in [-0.2, 0) is 11.3 Å². The van der Waals surface area contributed by atoms with Gasteiger partial charge in [-0.3, -0.25) is 4.79 Å². The number of carbonyl (C=O) groups is 1. The molecule has 1 aliphatic heterocycles. The van der Waals surface area contributed by atoms with E-state index in [1.54, 1.807) is 6.08 Å². The van der Waals surface area contributed by atoms with Gasteiger partial charge in [-0.2, -0.15) is 0 Å². The number of benzene rings is 1. The molecule has 1 saturated heterocycles. The highest BCUT2D eigenvalue weighted by Crippen LogP contribution is 2.22. The minimum Gasteiger partial charge on any atom is -0.338 e. The van der Waals surface area contributed by atoms with Gasteiger partial charge in [0.15, 0.2) is 11.6 Å². The summed E-state index contributed by atoms with van der Waals surface area (Å²) < 4.78 is 26.4. The summed E-state index contributed by atoms with van der Waals surface area (Å²) in [6.45, 7) is 4.28. The molecule has 1 aromatic rings. The maximum Gasteiger partial charge on any atom is 0.223 e. The van der Waals surface area contributed by atoms with E-state index in [0.717, 1.165) is 6.07 Å². The maximum atomic E-state index is 13.4. The molecule has 4 heteroatoms. The monoisotopic (exact) mass is 237 g/mol. The van der Waals surface area contributed by atoms with Crippen LogP contribution in [0.4, 0.5) is 8.78 Å². The van der Waals surface area contributed by atoms with E-state index in [1.807, 2.05) is 0 Å². The number of carbonyl (C=O) groups excluding carboxylic acids is 1. The molecule has 0 bridgehead atoms. The molecule has 0 N–H and O–H groups in total. The summed E-state index contributed by atoms with van der Waals surface area (Å²) in [5.41, 5.74) is 0.211. The second-order valence-electron chi connectivity index (χ2n) is 4.19. The van der Waals surface area contributed by atoms with E-state index >= 15 is 0 Å². The Morgan fingerprint density at radius 3 is 2.88 bits per heavy atom. The smallest absolute Gasteiger partial charge is 0.223 e. The average Bonchev–Trinajstić information content (AvgIpc) is 2.66. The largest absolute Gasteiger partial charge is 0.338 e. The Morgan fingerprint density at radius 2 is 2.24 bits per heavy atom. The highest BCUT2D eigenvalue weighted by atomic mass is 19.2. The normalized spacial score (nSPS) is 19.8. The number of halogens is 2. The van der Waals surface area contributed by atoms with Crippen molar-refractivity contribution in [1.29, 1.82) is 0 Å². The molecule has 0 aliphatic carbocycles. The van der Waals surface area contributed by atoms with Gasteiger partial charge in [0.25, 0.3) is 0 Å². The number of rotatable bonds is 3. The summed E-state index contributed by atoms with van der Waals surface area (Å²) in [5.74, 6) is -1.69. The Balaban J connectivity index is 2.14. The zero-order chi connectivity index (χ0) is 12.4. The molecule has 17 heavy (non-hydrogen) atoms. The number of hydrogen-bond donors (Lipinski definition) is 0. The molecule has 1 atom stereocenters. The van der Waals surface area contributed by atoms with Crippen LogP contribution in [0.5, 0.6) is 0 Å². The van der Waals surface area contributed by atoms with E-state index in [4.69, 9.17) is 0 Å². The van der Waals surface area contributed by atoms with Gasteiger partial charge in [0, 0.05) is 31.0 Å². The summed E-state index contributed by atoms with van der Waals surface area (Å²) >= 11 is 0. The van der Waals surface area contributed by atoms with Crippen molar-refractivity contribution >= 4 is 5.91 Å². The van der Waals surface area contributed by atoms with Crippen LogP contribution in [-0.4, -0.2) is 17.4 Å². The Bertz CT molecular complexity index is 459. The first-order valence-corrected chi connectivity index (χ1v) is 5.45. The molecule has 0 radical (unpaired) electrons. The van der Waals surface area contributed by atoms with Crippen molar-refractivity contribution in [3.05, 3.63) is 48.1 Å². The highest BCUT2D eigenvalue weighted by Gasteiger charge is 2.28. The van der Waals surface area contributed by atoms with E-state index < -0.39 is 11.6 Å². The minimum absolute atomic E-state index is 0.0430. The first kappa shape index (κ1) is 11.8. The lowest BCUT2D eigenvalue weighted by atomic mass is 10.1. The third kappa shape index (κ3) is 2.35. The summed E-state index contributed by atoms with van der Waals surface area (Å²) in [4.78, 5) is 13.1. The van der Waals surface area contributed by atoms with Crippen LogP contribution in [0.25, 0.3) is 0 Å². The SMILES string of the molecule is C=CC1CC(=O)N(Cc2cccc(F)c2F)C1. The van der Waals surface area contributed by atoms with E-state index in [1.165, 1.54) is 17.0 Å². The zero-order valence-electron chi connectivity index (χ0n) is 9.33. The predicted molar refractivity (Wildman–Crippen MR) is 60.1 cm³/mol. The quantitative estimate of drug-likeness (QED) is 0.740. The fraction of sp³-hybridized carbons (Fsp3) is 0.308. The molecular formula is C13H13F2NO. The van der Waals surface area contributed by atoms with Crippen molar-refractivity contribution in [3.63, 3.8) is 0 Å². The van der Waals surface area contributed by atoms with Gasteiger partial charge in [-0.25, -0.2) is 8.78 Å². The Kier molecular flexibility index (Phi) is 3.22. The van der Waals surface area contributed by atoms with Gasteiger partial charge in [-0.1, -0.05) is 18.2 Å². The molecule has 1 amide bonds. The summed E-state index contributed by atoms with van der Waals surface area (Å²) in [5, 5.41) is 0. The third-order valence-corrected chi connectivity index (χ3v) is 2.97. The zero-order valence-corrected chi connectivity index (χ0v) is 9.33. The molecule has 1 unspecified atom stereocenters. The number of hydrogen-bond acceptors (Lipinski definition) is 1. The van der Waals surface area contributed by atoms with Crippen molar-refractivity contribution < 1.29 is 13.6 Å². The molecular weight excluding hydrogens is 224 g/mol. The molecule has 1 fully saturated rings. The minimum atomic E-state index is -0.880. The number of nitrogens with zero attached hydrogens (tertiary/aromatic N) is 1. The van der Waals surface area contributed by atoms with Crippen molar-refractivity contribution in [2.75, 3.05) is 6.54 Å². The van der Waals surface area contributed by atoms with Gasteiger partial charge in [-0.05, 0) is 6.07 Å². The van der Waals surface area contributed by atoms with Gasteiger partial charge in [0.1, 0.15) is 0 Å². The molecule has 1 heterocycles. The summed E-state index contributed by atoms with van der Waals surface area (Å²) in [6, 6.07) is 4.00. The van der Waals surface area contributed by atoms with Crippen LogP contribution in [0.2, 0.25) is 0 Å². The van der Waals surface area contributed by atoms with Crippen LogP contribution < -0.4 is 0 Å². The van der Waals surface area contributed by atoms with Crippen molar-refractivity contribution in [2.45, 2.75) is 13.0 Å². The fourth-order valence-corrected chi connectivity index (χ4v) is 1.99. The van der Waals surface area contributed by atoms with Gasteiger partial charge < -0.3 is 4.90 Å². The standard InChI is InChI=1S/C13H13F2NO/c1-2-9-6-12(17)16(7-9)8-10-4-3-5-11(14)13(10)15/h2-5,9H,1,6-8H2. The van der Waals surface area contributed by atoms with Gasteiger partial charge in [0.2, 0.25) is 5.91 Å². The van der Waals surface area contributed by atoms with E-state index in [-0.39, 0.29) is 23.9 Å². The molecule has 2 nitrogen and oxygen atoms in total. The van der Waals surface area contributed by atoms with Crippen molar-refractivity contribution in [1.82, 2.24) is 4.90 Å². The second-order valence-corrected chi connectivity index (χ2v) is 4.19.